The van der Waals surface area contributed by atoms with Crippen molar-refractivity contribution in [1.29, 1.82) is 0 Å². The van der Waals surface area contributed by atoms with Crippen LogP contribution >= 0.6 is 0 Å². The van der Waals surface area contributed by atoms with E-state index in [-0.39, 0.29) is 11.5 Å². The summed E-state index contributed by atoms with van der Waals surface area (Å²) in [6.45, 7) is 8.35. The molecular weight excluding hydrogens is 232 g/mol. The fourth-order valence-corrected chi connectivity index (χ4v) is 1.73. The van der Waals surface area contributed by atoms with E-state index in [1.807, 2.05) is 0 Å². The van der Waals surface area contributed by atoms with Gasteiger partial charge >= 0.3 is 11.9 Å². The molecule has 0 saturated heterocycles. The number of methoxy groups -OCH3 is 2. The van der Waals surface area contributed by atoms with Gasteiger partial charge in [-0.05, 0) is 24.2 Å². The third kappa shape index (κ3) is 5.34. The third-order valence-corrected chi connectivity index (χ3v) is 2.79. The molecule has 0 fully saturated rings. The van der Waals surface area contributed by atoms with Crippen molar-refractivity contribution in [3.8, 4) is 0 Å². The van der Waals surface area contributed by atoms with Gasteiger partial charge in [0.05, 0.1) is 14.2 Å². The topological polar surface area (TPSA) is 52.6 Å². The summed E-state index contributed by atoms with van der Waals surface area (Å²) in [5, 5.41) is 0. The largest absolute Gasteiger partial charge is 0.465 e. The molecule has 4 nitrogen and oxygen atoms in total. The zero-order valence-corrected chi connectivity index (χ0v) is 12.1. The molecular formula is C14H24O4. The second kappa shape index (κ2) is 7.90. The molecule has 1 atom stereocenters. The van der Waals surface area contributed by atoms with Crippen LogP contribution in [-0.2, 0) is 19.1 Å². The first-order valence-electron chi connectivity index (χ1n) is 6.21. The van der Waals surface area contributed by atoms with Gasteiger partial charge in [0.15, 0.2) is 0 Å². The molecule has 18 heavy (non-hydrogen) atoms. The number of rotatable bonds is 6. The molecule has 0 N–H and O–H groups in total. The number of carbonyl (C=O) groups excluding carboxylic acids is 2. The lowest BCUT2D eigenvalue weighted by molar-refractivity contribution is -0.144. The summed E-state index contributed by atoms with van der Waals surface area (Å²) in [7, 11) is 2.51. The Morgan fingerprint density at radius 3 is 1.72 bits per heavy atom. The lowest BCUT2D eigenvalue weighted by Crippen LogP contribution is -2.19. The fraction of sp³-hybridized carbons (Fsp3) is 0.714. The Labute approximate surface area is 109 Å². The second-order valence-corrected chi connectivity index (χ2v) is 5.10. The summed E-state index contributed by atoms with van der Waals surface area (Å²) in [5.74, 6) is -0.299. The summed E-state index contributed by atoms with van der Waals surface area (Å²) < 4.78 is 9.23. The van der Waals surface area contributed by atoms with Crippen molar-refractivity contribution in [3.05, 3.63) is 11.6 Å². The Morgan fingerprint density at radius 2 is 1.44 bits per heavy atom. The van der Waals surface area contributed by atoms with Crippen LogP contribution in [0.25, 0.3) is 0 Å². The van der Waals surface area contributed by atoms with Gasteiger partial charge < -0.3 is 9.47 Å². The van der Waals surface area contributed by atoms with Crippen molar-refractivity contribution in [2.24, 2.45) is 17.8 Å². The maximum Gasteiger partial charge on any atom is 0.344 e. The van der Waals surface area contributed by atoms with Gasteiger partial charge in [-0.3, -0.25) is 0 Å². The molecule has 0 aliphatic heterocycles. The van der Waals surface area contributed by atoms with E-state index in [1.54, 1.807) is 6.08 Å². The van der Waals surface area contributed by atoms with Gasteiger partial charge in [-0.2, -0.15) is 0 Å². The van der Waals surface area contributed by atoms with E-state index in [2.05, 4.69) is 37.2 Å². The van der Waals surface area contributed by atoms with Gasteiger partial charge in [0.25, 0.3) is 0 Å². The molecule has 104 valence electrons. The Hall–Kier alpha value is -1.32. The average molecular weight is 256 g/mol. The maximum absolute atomic E-state index is 11.6. The molecule has 0 aliphatic rings. The zero-order valence-electron chi connectivity index (χ0n) is 12.1. The number of allylic oxidation sites excluding steroid dienone is 1. The molecule has 0 aromatic carbocycles. The summed E-state index contributed by atoms with van der Waals surface area (Å²) in [5.41, 5.74) is -0.0145. The Morgan fingerprint density at radius 1 is 1.00 bits per heavy atom. The van der Waals surface area contributed by atoms with Crippen LogP contribution in [0.5, 0.6) is 0 Å². The van der Waals surface area contributed by atoms with Crippen molar-refractivity contribution in [2.75, 3.05) is 14.2 Å². The van der Waals surface area contributed by atoms with Crippen LogP contribution in [0, 0.1) is 17.8 Å². The highest BCUT2D eigenvalue weighted by atomic mass is 16.5. The summed E-state index contributed by atoms with van der Waals surface area (Å²) in [6, 6.07) is 0. The molecule has 0 radical (unpaired) electrons. The molecule has 0 aromatic rings. The Bertz CT molecular complexity index is 298. The number of esters is 2. The molecule has 0 amide bonds. The minimum absolute atomic E-state index is 0.0145. The van der Waals surface area contributed by atoms with E-state index in [1.165, 1.54) is 14.2 Å². The number of hydrogen-bond acceptors (Lipinski definition) is 4. The molecule has 0 heterocycles. The second-order valence-electron chi connectivity index (χ2n) is 5.10. The van der Waals surface area contributed by atoms with E-state index in [4.69, 9.17) is 0 Å². The normalized spacial score (nSPS) is 12.2. The van der Waals surface area contributed by atoms with E-state index in [0.717, 1.165) is 6.42 Å². The molecule has 0 aliphatic carbocycles. The minimum Gasteiger partial charge on any atom is -0.465 e. The van der Waals surface area contributed by atoms with Crippen LogP contribution in [-0.4, -0.2) is 26.2 Å². The molecule has 0 bridgehead atoms. The highest BCUT2D eigenvalue weighted by Gasteiger charge is 2.23. The van der Waals surface area contributed by atoms with Gasteiger partial charge in [0.1, 0.15) is 5.57 Å². The van der Waals surface area contributed by atoms with Crippen molar-refractivity contribution < 1.29 is 19.1 Å². The first kappa shape index (κ1) is 16.7. The molecule has 0 aromatic heterocycles. The Balaban J connectivity index is 5.20. The predicted molar refractivity (Wildman–Crippen MR) is 69.9 cm³/mol. The number of ether oxygens (including phenoxy) is 2. The highest BCUT2D eigenvalue weighted by molar-refractivity contribution is 6.13. The van der Waals surface area contributed by atoms with Crippen LogP contribution in [0.15, 0.2) is 11.6 Å². The maximum atomic E-state index is 11.6. The minimum atomic E-state index is -0.642. The van der Waals surface area contributed by atoms with E-state index < -0.39 is 11.9 Å². The Kier molecular flexibility index (Phi) is 7.32. The predicted octanol–water partition coefficient (Wildman–Crippen LogP) is 2.58. The summed E-state index contributed by atoms with van der Waals surface area (Å²) in [4.78, 5) is 23.1. The van der Waals surface area contributed by atoms with Crippen LogP contribution in [0.1, 0.15) is 34.1 Å². The first-order chi connectivity index (χ1) is 8.33. The summed E-state index contributed by atoms with van der Waals surface area (Å²) >= 11 is 0. The number of hydrogen-bond donors (Lipinski definition) is 0. The molecule has 1 unspecified atom stereocenters. The van der Waals surface area contributed by atoms with E-state index >= 15 is 0 Å². The first-order valence-corrected chi connectivity index (χ1v) is 6.21. The van der Waals surface area contributed by atoms with Crippen LogP contribution in [0.2, 0.25) is 0 Å². The lowest BCUT2D eigenvalue weighted by Gasteiger charge is -2.20. The van der Waals surface area contributed by atoms with Crippen LogP contribution in [0.3, 0.4) is 0 Å². The standard InChI is InChI=1S/C14H24O4/c1-9(2)7-11(10(3)4)8-12(13(15)17-5)14(16)18-6/h8-11H,7H2,1-6H3. The molecule has 0 rings (SSSR count). The smallest absolute Gasteiger partial charge is 0.344 e. The summed E-state index contributed by atoms with van der Waals surface area (Å²) in [6.07, 6.45) is 2.59. The van der Waals surface area contributed by atoms with E-state index in [0.29, 0.717) is 11.8 Å². The monoisotopic (exact) mass is 256 g/mol. The molecule has 4 heteroatoms. The van der Waals surface area contributed by atoms with Crippen molar-refractivity contribution in [2.45, 2.75) is 34.1 Å². The quantitative estimate of drug-likeness (QED) is 0.317. The third-order valence-electron chi connectivity index (χ3n) is 2.79. The van der Waals surface area contributed by atoms with Gasteiger partial charge in [0, 0.05) is 0 Å². The molecule has 0 saturated carbocycles. The fourth-order valence-electron chi connectivity index (χ4n) is 1.73. The van der Waals surface area contributed by atoms with Crippen molar-refractivity contribution >= 4 is 11.9 Å². The molecule has 0 spiro atoms. The highest BCUT2D eigenvalue weighted by Crippen LogP contribution is 2.23. The van der Waals surface area contributed by atoms with Crippen LogP contribution in [0.4, 0.5) is 0 Å². The SMILES string of the molecule is COC(=O)C(=CC(CC(C)C)C(C)C)C(=O)OC. The zero-order chi connectivity index (χ0) is 14.3. The van der Waals surface area contributed by atoms with Gasteiger partial charge in [0.2, 0.25) is 0 Å². The lowest BCUT2D eigenvalue weighted by atomic mass is 9.86. The van der Waals surface area contributed by atoms with Gasteiger partial charge in [-0.15, -0.1) is 0 Å². The van der Waals surface area contributed by atoms with Crippen molar-refractivity contribution in [3.63, 3.8) is 0 Å². The van der Waals surface area contributed by atoms with Crippen LogP contribution < -0.4 is 0 Å². The van der Waals surface area contributed by atoms with Crippen molar-refractivity contribution in [1.82, 2.24) is 0 Å². The van der Waals surface area contributed by atoms with E-state index in [9.17, 15) is 9.59 Å². The van der Waals surface area contributed by atoms with Gasteiger partial charge in [-0.1, -0.05) is 33.8 Å². The average Bonchev–Trinajstić information content (AvgIpc) is 2.31. The number of carbonyl (C=O) groups is 2. The van der Waals surface area contributed by atoms with Gasteiger partial charge in [-0.25, -0.2) is 9.59 Å².